The van der Waals surface area contributed by atoms with Gasteiger partial charge in [0, 0.05) is 36.7 Å². The quantitative estimate of drug-likeness (QED) is 0.422. The number of ether oxygens (including phenoxy) is 1. The van der Waals surface area contributed by atoms with Gasteiger partial charge >= 0.3 is 0 Å². The van der Waals surface area contributed by atoms with Crippen LogP contribution in [0.2, 0.25) is 5.02 Å². The summed E-state index contributed by atoms with van der Waals surface area (Å²) in [5, 5.41) is 0.806. The third-order valence-electron chi connectivity index (χ3n) is 4.53. The Morgan fingerprint density at radius 3 is 2.43 bits per heavy atom. The minimum atomic E-state index is -0.0750. The van der Waals surface area contributed by atoms with E-state index in [1.54, 1.807) is 0 Å². The van der Waals surface area contributed by atoms with E-state index in [9.17, 15) is 0 Å². The van der Waals surface area contributed by atoms with Gasteiger partial charge in [0.1, 0.15) is 0 Å². The maximum absolute atomic E-state index is 6.45. The summed E-state index contributed by atoms with van der Waals surface area (Å²) in [6, 6.07) is 8.06. The topological polar surface area (TPSA) is 50.8 Å². The highest BCUT2D eigenvalue weighted by atomic mass is 127. The average Bonchev–Trinajstić information content (AvgIpc) is 2.55. The molecule has 1 heterocycles. The van der Waals surface area contributed by atoms with Crippen LogP contribution in [0.3, 0.4) is 0 Å². The Morgan fingerprint density at radius 1 is 1.26 bits per heavy atom. The lowest BCUT2D eigenvalue weighted by atomic mass is 9.74. The zero-order chi connectivity index (χ0) is 16.0. The number of aliphatic imine (C=N–C) groups is 1. The van der Waals surface area contributed by atoms with E-state index in [2.05, 4.69) is 29.8 Å². The fourth-order valence-electron chi connectivity index (χ4n) is 3.05. The molecule has 1 aromatic rings. The lowest BCUT2D eigenvalue weighted by molar-refractivity contribution is 0.0531. The molecule has 0 aliphatic carbocycles. The van der Waals surface area contributed by atoms with Crippen molar-refractivity contribution in [1.29, 1.82) is 0 Å². The van der Waals surface area contributed by atoms with Crippen LogP contribution >= 0.6 is 35.6 Å². The van der Waals surface area contributed by atoms with Crippen molar-refractivity contribution < 1.29 is 4.74 Å². The third kappa shape index (κ3) is 4.97. The van der Waals surface area contributed by atoms with Gasteiger partial charge in [-0.1, -0.05) is 29.8 Å². The van der Waals surface area contributed by atoms with Gasteiger partial charge in [-0.25, -0.2) is 0 Å². The molecule has 1 aliphatic rings. The van der Waals surface area contributed by atoms with Gasteiger partial charge in [0.2, 0.25) is 0 Å². The molecule has 1 aromatic carbocycles. The van der Waals surface area contributed by atoms with Crippen LogP contribution in [0, 0.1) is 0 Å². The molecule has 0 saturated carbocycles. The van der Waals surface area contributed by atoms with Crippen molar-refractivity contribution >= 4 is 41.5 Å². The molecule has 0 amide bonds. The van der Waals surface area contributed by atoms with Crippen molar-refractivity contribution in [3.63, 3.8) is 0 Å². The zero-order valence-electron chi connectivity index (χ0n) is 13.9. The van der Waals surface area contributed by atoms with Crippen LogP contribution in [-0.4, -0.2) is 43.7 Å². The second kappa shape index (κ2) is 9.69. The second-order valence-corrected chi connectivity index (χ2v) is 6.13. The second-order valence-electron chi connectivity index (χ2n) is 5.72. The molecule has 4 nitrogen and oxygen atoms in total. The summed E-state index contributed by atoms with van der Waals surface area (Å²) >= 11 is 6.45. The fourth-order valence-corrected chi connectivity index (χ4v) is 3.38. The van der Waals surface area contributed by atoms with Crippen LogP contribution in [0.25, 0.3) is 0 Å². The van der Waals surface area contributed by atoms with E-state index in [1.807, 2.05) is 18.2 Å². The lowest BCUT2D eigenvalue weighted by Crippen LogP contribution is -2.41. The Hall–Kier alpha value is -0.530. The van der Waals surface area contributed by atoms with Gasteiger partial charge in [0.15, 0.2) is 5.96 Å². The molecule has 1 fully saturated rings. The Bertz CT molecular complexity index is 514. The van der Waals surface area contributed by atoms with Crippen LogP contribution in [0.1, 0.15) is 32.3 Å². The van der Waals surface area contributed by atoms with Gasteiger partial charge in [0.25, 0.3) is 0 Å². The maximum atomic E-state index is 6.45. The summed E-state index contributed by atoms with van der Waals surface area (Å²) in [6.45, 7) is 8.05. The van der Waals surface area contributed by atoms with Gasteiger partial charge in [-0.05, 0) is 38.3 Å². The molecule has 0 spiro atoms. The Morgan fingerprint density at radius 2 is 1.87 bits per heavy atom. The minimum absolute atomic E-state index is 0. The van der Waals surface area contributed by atoms with Crippen molar-refractivity contribution in [2.24, 2.45) is 10.7 Å². The first-order valence-corrected chi connectivity index (χ1v) is 8.38. The third-order valence-corrected chi connectivity index (χ3v) is 4.86. The molecule has 1 aliphatic heterocycles. The lowest BCUT2D eigenvalue weighted by Gasteiger charge is -2.37. The normalized spacial score (nSPS) is 17.4. The largest absolute Gasteiger partial charge is 0.381 e. The summed E-state index contributed by atoms with van der Waals surface area (Å²) in [6.07, 6.45) is 1.84. The molecular formula is C17H27ClIN3O. The zero-order valence-corrected chi connectivity index (χ0v) is 17.0. The first-order valence-electron chi connectivity index (χ1n) is 8.00. The van der Waals surface area contributed by atoms with Crippen molar-refractivity contribution in [2.75, 3.05) is 32.8 Å². The highest BCUT2D eigenvalue weighted by Crippen LogP contribution is 2.38. The molecule has 0 aromatic heterocycles. The summed E-state index contributed by atoms with van der Waals surface area (Å²) in [5.74, 6) is 0.614. The highest BCUT2D eigenvalue weighted by Gasteiger charge is 2.36. The molecule has 0 bridgehead atoms. The molecule has 130 valence electrons. The Balaban J connectivity index is 0.00000264. The predicted molar refractivity (Wildman–Crippen MR) is 108 cm³/mol. The molecule has 0 radical (unpaired) electrons. The van der Waals surface area contributed by atoms with Crippen molar-refractivity contribution in [2.45, 2.75) is 32.1 Å². The van der Waals surface area contributed by atoms with E-state index >= 15 is 0 Å². The van der Waals surface area contributed by atoms with Crippen LogP contribution in [0.4, 0.5) is 0 Å². The van der Waals surface area contributed by atoms with E-state index in [1.165, 1.54) is 0 Å². The number of halogens is 2. The molecular weight excluding hydrogens is 425 g/mol. The van der Waals surface area contributed by atoms with E-state index in [-0.39, 0.29) is 29.4 Å². The van der Waals surface area contributed by atoms with Crippen LogP contribution in [0.5, 0.6) is 0 Å². The number of guanidine groups is 1. The maximum Gasteiger partial charge on any atom is 0.191 e. The van der Waals surface area contributed by atoms with Crippen LogP contribution in [0.15, 0.2) is 29.3 Å². The fraction of sp³-hybridized carbons (Fsp3) is 0.588. The molecule has 2 N–H and O–H groups in total. The van der Waals surface area contributed by atoms with Gasteiger partial charge < -0.3 is 15.4 Å². The van der Waals surface area contributed by atoms with Crippen molar-refractivity contribution in [3.8, 4) is 0 Å². The highest BCUT2D eigenvalue weighted by molar-refractivity contribution is 14.0. The standard InChI is InChI=1S/C17H26ClN3O.HI/c1-3-21(4-2)16(19)20-13-17(9-11-22-12-10-17)14-7-5-6-8-15(14)18;/h5-8H,3-4,9-13H2,1-2H3,(H2,19,20);1H. The van der Waals surface area contributed by atoms with E-state index in [0.29, 0.717) is 12.5 Å². The number of hydrogen-bond donors (Lipinski definition) is 1. The van der Waals surface area contributed by atoms with Crippen molar-refractivity contribution in [1.82, 2.24) is 4.90 Å². The van der Waals surface area contributed by atoms with Gasteiger partial charge in [-0.3, -0.25) is 4.99 Å². The number of rotatable bonds is 5. The molecule has 0 unspecified atom stereocenters. The molecule has 1 saturated heterocycles. The number of benzene rings is 1. The first kappa shape index (κ1) is 20.5. The SMILES string of the molecule is CCN(CC)C(N)=NCC1(c2ccccc2Cl)CCOCC1.I. The van der Waals surface area contributed by atoms with Crippen LogP contribution < -0.4 is 5.73 Å². The Labute approximate surface area is 161 Å². The molecule has 6 heteroatoms. The van der Waals surface area contributed by atoms with Gasteiger partial charge in [-0.2, -0.15) is 0 Å². The van der Waals surface area contributed by atoms with Crippen LogP contribution in [-0.2, 0) is 10.2 Å². The first-order chi connectivity index (χ1) is 10.6. The summed E-state index contributed by atoms with van der Waals surface area (Å²) in [7, 11) is 0. The summed E-state index contributed by atoms with van der Waals surface area (Å²) in [4.78, 5) is 6.75. The number of nitrogens with zero attached hydrogens (tertiary/aromatic N) is 2. The molecule has 2 rings (SSSR count). The van der Waals surface area contributed by atoms with Gasteiger partial charge in [-0.15, -0.1) is 24.0 Å². The number of hydrogen-bond acceptors (Lipinski definition) is 2. The monoisotopic (exact) mass is 451 g/mol. The number of nitrogens with two attached hydrogens (primary N) is 1. The molecule has 23 heavy (non-hydrogen) atoms. The van der Waals surface area contributed by atoms with Gasteiger partial charge in [0.05, 0.1) is 6.54 Å². The van der Waals surface area contributed by atoms with E-state index in [0.717, 1.165) is 49.7 Å². The molecule has 0 atom stereocenters. The minimum Gasteiger partial charge on any atom is -0.381 e. The van der Waals surface area contributed by atoms with Crippen molar-refractivity contribution in [3.05, 3.63) is 34.9 Å². The average molecular weight is 452 g/mol. The van der Waals surface area contributed by atoms with E-state index in [4.69, 9.17) is 22.1 Å². The predicted octanol–water partition coefficient (Wildman–Crippen LogP) is 3.66. The summed E-state index contributed by atoms with van der Waals surface area (Å²) < 4.78 is 5.55. The smallest absolute Gasteiger partial charge is 0.191 e. The van der Waals surface area contributed by atoms with E-state index < -0.39 is 0 Å². The summed E-state index contributed by atoms with van der Waals surface area (Å²) in [5.41, 5.74) is 7.23. The Kier molecular flexibility index (Phi) is 8.64.